The van der Waals surface area contributed by atoms with E-state index in [2.05, 4.69) is 26.0 Å². The van der Waals surface area contributed by atoms with Crippen LogP contribution in [-0.2, 0) is 19.0 Å². The molecule has 2 heterocycles. The smallest absolute Gasteiger partial charge is 0.416 e. The van der Waals surface area contributed by atoms with Gasteiger partial charge in [-0.1, -0.05) is 48.4 Å². The van der Waals surface area contributed by atoms with E-state index in [1.165, 1.54) is 17.0 Å². The van der Waals surface area contributed by atoms with Gasteiger partial charge >= 0.3 is 6.18 Å². The van der Waals surface area contributed by atoms with Crippen LogP contribution in [0.15, 0.2) is 82.1 Å². The van der Waals surface area contributed by atoms with Crippen LogP contribution >= 0.6 is 22.9 Å². The predicted octanol–water partition coefficient (Wildman–Crippen LogP) is 8.85. The number of aliphatic hydroxyl groups is 4. The number of rotatable bonds is 11. The summed E-state index contributed by atoms with van der Waals surface area (Å²) in [5.74, 6) is -0.814. The number of allylic oxidation sites excluding steroid dienone is 2. The van der Waals surface area contributed by atoms with Gasteiger partial charge in [-0.25, -0.2) is 0 Å². The Balaban J connectivity index is 1.40. The Kier molecular flexibility index (Phi) is 12.8. The SMILES string of the molecule is CC1=CCC[C@@]2(C)[C@@H](CC[C@@]2(O)CN(CCc2cccs2)C[C@H](O)CO)c2ccc(cc2C(=O)c2ccc(-c3cc(C(F)(F)F)ccc3Cl)o2)C[C@@H](O)CC1. The van der Waals surface area contributed by atoms with Gasteiger partial charge in [0.15, 0.2) is 5.76 Å². The summed E-state index contributed by atoms with van der Waals surface area (Å²) >= 11 is 7.96. The molecule has 5 atom stereocenters. The quantitative estimate of drug-likeness (QED) is 0.0886. The van der Waals surface area contributed by atoms with Crippen LogP contribution in [0.1, 0.15) is 96.0 Å². The lowest BCUT2D eigenvalue weighted by molar-refractivity contribution is -0.137. The summed E-state index contributed by atoms with van der Waals surface area (Å²) in [4.78, 5) is 17.8. The summed E-state index contributed by atoms with van der Waals surface area (Å²) in [6, 6.07) is 15.5. The van der Waals surface area contributed by atoms with Crippen molar-refractivity contribution in [2.75, 3.05) is 26.2 Å². The molecule has 55 heavy (non-hydrogen) atoms. The maximum absolute atomic E-state index is 14.6. The van der Waals surface area contributed by atoms with Crippen molar-refractivity contribution in [2.24, 2.45) is 5.41 Å². The van der Waals surface area contributed by atoms with Gasteiger partial charge in [0.05, 0.1) is 35.0 Å². The van der Waals surface area contributed by atoms with Crippen LogP contribution in [0.25, 0.3) is 11.3 Å². The van der Waals surface area contributed by atoms with Crippen LogP contribution in [0.3, 0.4) is 0 Å². The van der Waals surface area contributed by atoms with E-state index in [4.69, 9.17) is 16.0 Å². The minimum atomic E-state index is -4.60. The van der Waals surface area contributed by atoms with E-state index in [1.54, 1.807) is 17.4 Å². The van der Waals surface area contributed by atoms with Crippen LogP contribution in [0, 0.1) is 5.41 Å². The Morgan fingerprint density at radius 3 is 2.64 bits per heavy atom. The fourth-order valence-electron chi connectivity index (χ4n) is 8.51. The van der Waals surface area contributed by atoms with Gasteiger partial charge in [-0.2, -0.15) is 13.2 Å². The van der Waals surface area contributed by atoms with Gasteiger partial charge in [-0.05, 0) is 123 Å². The van der Waals surface area contributed by atoms with Gasteiger partial charge in [0.1, 0.15) is 5.76 Å². The molecule has 0 radical (unpaired) electrons. The molecule has 3 aliphatic carbocycles. The van der Waals surface area contributed by atoms with Gasteiger partial charge in [0.2, 0.25) is 5.78 Å². The zero-order chi connectivity index (χ0) is 39.5. The number of halogens is 4. The predicted molar refractivity (Wildman–Crippen MR) is 209 cm³/mol. The van der Waals surface area contributed by atoms with Crippen LogP contribution < -0.4 is 0 Å². The van der Waals surface area contributed by atoms with Crippen molar-refractivity contribution in [1.29, 1.82) is 0 Å². The molecule has 3 aliphatic rings. The molecule has 0 amide bonds. The molecule has 12 heteroatoms. The highest BCUT2D eigenvalue weighted by molar-refractivity contribution is 7.09. The lowest BCUT2D eigenvalue weighted by Gasteiger charge is -2.46. The third kappa shape index (κ3) is 9.31. The molecule has 7 nitrogen and oxygen atoms in total. The second-order valence-corrected chi connectivity index (χ2v) is 17.0. The molecular formula is C43H49ClF3NO6S. The van der Waals surface area contributed by atoms with E-state index < -0.39 is 47.4 Å². The molecule has 0 aliphatic heterocycles. The number of fused-ring (bicyclic) bond motifs is 8. The number of nitrogens with zero attached hydrogens (tertiary/aromatic N) is 1. The van der Waals surface area contributed by atoms with Crippen LogP contribution in [-0.4, -0.2) is 75.2 Å². The third-order valence-corrected chi connectivity index (χ3v) is 13.0. The normalized spacial score (nSPS) is 24.1. The molecule has 7 rings (SSSR count). The van der Waals surface area contributed by atoms with Crippen molar-refractivity contribution in [3.05, 3.63) is 116 Å². The van der Waals surface area contributed by atoms with E-state index in [0.717, 1.165) is 41.3 Å². The number of carbonyl (C=O) groups is 1. The second kappa shape index (κ2) is 17.1. The van der Waals surface area contributed by atoms with Gasteiger partial charge in [-0.15, -0.1) is 11.3 Å². The van der Waals surface area contributed by atoms with Crippen molar-refractivity contribution in [3.8, 4) is 11.3 Å². The largest absolute Gasteiger partial charge is 0.453 e. The van der Waals surface area contributed by atoms with Crippen LogP contribution in [0.2, 0.25) is 5.02 Å². The highest BCUT2D eigenvalue weighted by Crippen LogP contribution is 2.59. The number of hydrogen-bond donors (Lipinski definition) is 4. The van der Waals surface area contributed by atoms with Crippen molar-refractivity contribution >= 4 is 28.7 Å². The van der Waals surface area contributed by atoms with E-state index in [0.29, 0.717) is 57.1 Å². The Morgan fingerprint density at radius 1 is 1.11 bits per heavy atom. The minimum Gasteiger partial charge on any atom is -0.453 e. The highest BCUT2D eigenvalue weighted by Gasteiger charge is 2.57. The van der Waals surface area contributed by atoms with E-state index in [1.807, 2.05) is 28.5 Å². The van der Waals surface area contributed by atoms with Gasteiger partial charge < -0.3 is 24.8 Å². The highest BCUT2D eigenvalue weighted by atomic mass is 35.5. The fraction of sp³-hybridized carbons (Fsp3) is 0.465. The summed E-state index contributed by atoms with van der Waals surface area (Å²) in [5, 5.41) is 46.2. The first-order chi connectivity index (χ1) is 26.1. The molecule has 2 aromatic carbocycles. The van der Waals surface area contributed by atoms with Crippen LogP contribution in [0.4, 0.5) is 13.2 Å². The summed E-state index contributed by atoms with van der Waals surface area (Å²) in [6.45, 7) is 4.72. The summed E-state index contributed by atoms with van der Waals surface area (Å²) in [7, 11) is 0. The second-order valence-electron chi connectivity index (χ2n) is 15.5. The van der Waals surface area contributed by atoms with Crippen molar-refractivity contribution in [3.63, 3.8) is 0 Å². The fourth-order valence-corrected chi connectivity index (χ4v) is 9.42. The van der Waals surface area contributed by atoms with Crippen molar-refractivity contribution < 1.29 is 42.8 Å². The topological polar surface area (TPSA) is 114 Å². The maximum atomic E-state index is 14.6. The number of benzene rings is 2. The number of ketones is 1. The zero-order valence-electron chi connectivity index (χ0n) is 31.1. The van der Waals surface area contributed by atoms with Gasteiger partial charge in [0, 0.05) is 41.1 Å². The standard InChI is InChI=1S/C43H49ClF3NO6S/c1-27-5-3-17-41(2)36(15-18-42(41,53)26-48(24-31(51)25-49)19-16-32-6-4-20-55-32)33-11-8-28(21-30(50)10-7-27)22-34(33)40(52)39-14-13-38(54-39)35-23-29(43(45,46)47)9-12-37(35)44/h4-6,8-9,11-14,20,22-23,30-31,36,49-51,53H,3,7,10,15-19,21,24-26H2,1-2H3/t30-,31-,36-,41-,42+/m0/s1. The zero-order valence-corrected chi connectivity index (χ0v) is 32.7. The lowest BCUT2D eigenvalue weighted by Crippen LogP contribution is -2.54. The molecule has 4 aromatic rings. The monoisotopic (exact) mass is 799 g/mol. The molecule has 0 spiro atoms. The molecule has 296 valence electrons. The number of furan rings is 1. The molecular weight excluding hydrogens is 751 g/mol. The first-order valence-electron chi connectivity index (χ1n) is 18.8. The molecule has 1 saturated carbocycles. The van der Waals surface area contributed by atoms with Gasteiger partial charge in [0.25, 0.3) is 0 Å². The number of alkyl halides is 3. The average Bonchev–Trinajstić information content (AvgIpc) is 3.90. The van der Waals surface area contributed by atoms with Crippen molar-refractivity contribution in [1.82, 2.24) is 4.90 Å². The molecule has 2 bridgehead atoms. The van der Waals surface area contributed by atoms with Crippen molar-refractivity contribution in [2.45, 2.75) is 95.1 Å². The number of hydrogen-bond acceptors (Lipinski definition) is 8. The summed E-state index contributed by atoms with van der Waals surface area (Å²) in [5.41, 5.74) is 0.0780. The van der Waals surface area contributed by atoms with E-state index in [-0.39, 0.29) is 41.1 Å². The molecule has 4 N–H and O–H groups in total. The van der Waals surface area contributed by atoms with E-state index in [9.17, 15) is 38.4 Å². The Morgan fingerprint density at radius 2 is 1.91 bits per heavy atom. The molecule has 1 fully saturated rings. The molecule has 0 saturated heterocycles. The maximum Gasteiger partial charge on any atom is 0.416 e. The van der Waals surface area contributed by atoms with E-state index >= 15 is 0 Å². The third-order valence-electron chi connectivity index (χ3n) is 11.7. The summed E-state index contributed by atoms with van der Waals surface area (Å²) < 4.78 is 46.7. The number of aliphatic hydroxyl groups excluding tert-OH is 3. The Labute approximate surface area is 329 Å². The molecule has 2 aromatic heterocycles. The molecule has 0 unspecified atom stereocenters. The average molecular weight is 800 g/mol. The minimum absolute atomic E-state index is 0.00817. The number of carbonyl (C=O) groups excluding carboxylic acids is 1. The number of thiophene rings is 1. The lowest BCUT2D eigenvalue weighted by atomic mass is 9.64. The first kappa shape index (κ1) is 41.3. The first-order valence-corrected chi connectivity index (χ1v) is 20.1. The van der Waals surface area contributed by atoms with Crippen LogP contribution in [0.5, 0.6) is 0 Å². The van der Waals surface area contributed by atoms with Gasteiger partial charge in [-0.3, -0.25) is 9.69 Å². The summed E-state index contributed by atoms with van der Waals surface area (Å²) in [6.07, 6.45) is 0.424. The Bertz CT molecular complexity index is 1980. The Hall–Kier alpha value is -3.29.